The van der Waals surface area contributed by atoms with Crippen LogP contribution in [0.5, 0.6) is 0 Å². The first-order valence-electron chi connectivity index (χ1n) is 7.97. The molecule has 4 nitrogen and oxygen atoms in total. The minimum Gasteiger partial charge on any atom is -0.381 e. The molecule has 0 spiro atoms. The van der Waals surface area contributed by atoms with Crippen molar-refractivity contribution in [1.29, 1.82) is 0 Å². The van der Waals surface area contributed by atoms with Crippen LogP contribution in [0.4, 0.5) is 0 Å². The van der Waals surface area contributed by atoms with Crippen LogP contribution >= 0.6 is 23.1 Å². The van der Waals surface area contributed by atoms with E-state index >= 15 is 0 Å². The highest BCUT2D eigenvalue weighted by Crippen LogP contribution is 2.30. The van der Waals surface area contributed by atoms with E-state index < -0.39 is 0 Å². The first-order valence-corrected chi connectivity index (χ1v) is 10.1. The summed E-state index contributed by atoms with van der Waals surface area (Å²) >= 11 is 3.67. The zero-order chi connectivity index (χ0) is 15.3. The van der Waals surface area contributed by atoms with Crippen molar-refractivity contribution in [2.24, 2.45) is 0 Å². The van der Waals surface area contributed by atoms with Crippen molar-refractivity contribution in [1.82, 2.24) is 10.2 Å². The lowest BCUT2D eigenvalue weighted by Gasteiger charge is -2.48. The highest BCUT2D eigenvalue weighted by molar-refractivity contribution is 7.99. The van der Waals surface area contributed by atoms with Gasteiger partial charge in [-0.15, -0.1) is 0 Å². The van der Waals surface area contributed by atoms with Gasteiger partial charge in [-0.3, -0.25) is 9.69 Å². The lowest BCUT2D eigenvalue weighted by atomic mass is 9.87. The lowest BCUT2D eigenvalue weighted by molar-refractivity contribution is -0.121. The van der Waals surface area contributed by atoms with Crippen molar-refractivity contribution >= 4 is 29.0 Å². The van der Waals surface area contributed by atoms with E-state index in [1.54, 1.807) is 11.3 Å². The summed E-state index contributed by atoms with van der Waals surface area (Å²) in [5.74, 6) is 2.53. The van der Waals surface area contributed by atoms with E-state index in [-0.39, 0.29) is 11.4 Å². The third-order valence-electron chi connectivity index (χ3n) is 4.66. The topological polar surface area (TPSA) is 41.6 Å². The van der Waals surface area contributed by atoms with Crippen LogP contribution in [0.2, 0.25) is 0 Å². The van der Waals surface area contributed by atoms with Gasteiger partial charge in [0.2, 0.25) is 5.91 Å². The van der Waals surface area contributed by atoms with Crippen LogP contribution in [0.15, 0.2) is 16.8 Å². The maximum Gasteiger partial charge on any atom is 0.224 e. The molecular formula is C16H24N2O2S2. The fourth-order valence-electron chi connectivity index (χ4n) is 3.30. The molecule has 1 N–H and O–H groups in total. The fourth-order valence-corrected chi connectivity index (χ4v) is 4.87. The van der Waals surface area contributed by atoms with E-state index in [1.165, 1.54) is 11.5 Å². The standard InChI is InChI=1S/C16H24N2O2S2/c19-15(11-14-1-8-22-12-14)17-13-16(2-6-20-7-3-16)18-4-9-21-10-5-18/h1,8,12H,2-7,9-11,13H2,(H,17,19). The predicted molar refractivity (Wildman–Crippen MR) is 92.7 cm³/mol. The molecule has 0 radical (unpaired) electrons. The van der Waals surface area contributed by atoms with Crippen molar-refractivity contribution < 1.29 is 9.53 Å². The average molecular weight is 341 g/mol. The number of hydrogen-bond donors (Lipinski definition) is 1. The van der Waals surface area contributed by atoms with Crippen molar-refractivity contribution in [2.45, 2.75) is 24.8 Å². The Labute approximate surface area is 140 Å². The molecule has 0 aliphatic carbocycles. The third-order valence-corrected chi connectivity index (χ3v) is 6.34. The summed E-state index contributed by atoms with van der Waals surface area (Å²) in [7, 11) is 0. The van der Waals surface area contributed by atoms with Crippen LogP contribution in [0, 0.1) is 0 Å². The van der Waals surface area contributed by atoms with Gasteiger partial charge in [0.15, 0.2) is 0 Å². The predicted octanol–water partition coefficient (Wildman–Crippen LogP) is 2.00. The number of ether oxygens (including phenoxy) is 1. The van der Waals surface area contributed by atoms with Crippen LogP contribution in [-0.2, 0) is 16.0 Å². The second-order valence-corrected chi connectivity index (χ2v) is 8.03. The molecule has 0 unspecified atom stereocenters. The van der Waals surface area contributed by atoms with E-state index in [0.717, 1.165) is 51.3 Å². The molecule has 3 heterocycles. The fraction of sp³-hybridized carbons (Fsp3) is 0.688. The molecule has 3 rings (SSSR count). The Hall–Kier alpha value is -0.560. The number of rotatable bonds is 5. The molecule has 2 saturated heterocycles. The maximum absolute atomic E-state index is 12.2. The monoisotopic (exact) mass is 340 g/mol. The number of hydrogen-bond acceptors (Lipinski definition) is 5. The number of amides is 1. The number of nitrogens with zero attached hydrogens (tertiary/aromatic N) is 1. The van der Waals surface area contributed by atoms with Gasteiger partial charge >= 0.3 is 0 Å². The summed E-state index contributed by atoms with van der Waals surface area (Å²) in [5, 5.41) is 7.26. The van der Waals surface area contributed by atoms with Gasteiger partial charge in [-0.1, -0.05) is 0 Å². The van der Waals surface area contributed by atoms with Gasteiger partial charge in [0.1, 0.15) is 0 Å². The second kappa shape index (κ2) is 7.81. The van der Waals surface area contributed by atoms with E-state index in [1.807, 2.05) is 28.6 Å². The van der Waals surface area contributed by atoms with Crippen molar-refractivity contribution in [3.8, 4) is 0 Å². The second-order valence-electron chi connectivity index (χ2n) is 6.02. The quantitative estimate of drug-likeness (QED) is 0.890. The number of thiophene rings is 1. The van der Waals surface area contributed by atoms with E-state index in [2.05, 4.69) is 10.2 Å². The molecule has 6 heteroatoms. The molecular weight excluding hydrogens is 316 g/mol. The minimum absolute atomic E-state index is 0.101. The largest absolute Gasteiger partial charge is 0.381 e. The highest BCUT2D eigenvalue weighted by atomic mass is 32.2. The Kier molecular flexibility index (Phi) is 5.79. The summed E-state index contributed by atoms with van der Waals surface area (Å²) in [5.41, 5.74) is 1.21. The summed E-state index contributed by atoms with van der Waals surface area (Å²) in [6.07, 6.45) is 2.54. The molecule has 2 aliphatic rings. The SMILES string of the molecule is O=C(Cc1ccsc1)NCC1(N2CCSCC2)CCOCC1. The van der Waals surface area contributed by atoms with Gasteiger partial charge in [-0.2, -0.15) is 23.1 Å². The third kappa shape index (κ3) is 4.04. The first-order chi connectivity index (χ1) is 10.8. The Morgan fingerprint density at radius 2 is 2.09 bits per heavy atom. The summed E-state index contributed by atoms with van der Waals surface area (Å²) in [6.45, 7) is 4.63. The molecule has 1 amide bonds. The number of nitrogens with one attached hydrogen (secondary N) is 1. The van der Waals surface area contributed by atoms with E-state index in [9.17, 15) is 4.79 Å². The smallest absolute Gasteiger partial charge is 0.224 e. The lowest BCUT2D eigenvalue weighted by Crippen LogP contribution is -2.60. The summed E-state index contributed by atoms with van der Waals surface area (Å²) in [6, 6.07) is 2.02. The molecule has 0 saturated carbocycles. The van der Waals surface area contributed by atoms with Crippen LogP contribution < -0.4 is 5.32 Å². The van der Waals surface area contributed by atoms with Gasteiger partial charge in [-0.05, 0) is 35.2 Å². The molecule has 0 bridgehead atoms. The van der Waals surface area contributed by atoms with Crippen LogP contribution in [0.1, 0.15) is 18.4 Å². The van der Waals surface area contributed by atoms with Crippen LogP contribution in [0.25, 0.3) is 0 Å². The van der Waals surface area contributed by atoms with Crippen molar-refractivity contribution in [3.05, 3.63) is 22.4 Å². The van der Waals surface area contributed by atoms with Crippen molar-refractivity contribution in [2.75, 3.05) is 44.4 Å². The Morgan fingerprint density at radius 1 is 1.32 bits per heavy atom. The molecule has 1 aromatic heterocycles. The van der Waals surface area contributed by atoms with Gasteiger partial charge in [-0.25, -0.2) is 0 Å². The Balaban J connectivity index is 1.58. The highest BCUT2D eigenvalue weighted by Gasteiger charge is 2.39. The summed E-state index contributed by atoms with van der Waals surface area (Å²) < 4.78 is 5.56. The molecule has 22 heavy (non-hydrogen) atoms. The zero-order valence-electron chi connectivity index (χ0n) is 12.9. The molecule has 1 aromatic rings. The minimum atomic E-state index is 0.101. The van der Waals surface area contributed by atoms with Gasteiger partial charge < -0.3 is 10.1 Å². The first kappa shape index (κ1) is 16.3. The molecule has 122 valence electrons. The van der Waals surface area contributed by atoms with E-state index in [4.69, 9.17) is 4.74 Å². The van der Waals surface area contributed by atoms with Crippen molar-refractivity contribution in [3.63, 3.8) is 0 Å². The van der Waals surface area contributed by atoms with E-state index in [0.29, 0.717) is 6.42 Å². The molecule has 0 aromatic carbocycles. The summed E-state index contributed by atoms with van der Waals surface area (Å²) in [4.78, 5) is 14.8. The zero-order valence-corrected chi connectivity index (χ0v) is 14.5. The Morgan fingerprint density at radius 3 is 2.77 bits per heavy atom. The number of thioether (sulfide) groups is 1. The van der Waals surface area contributed by atoms with Crippen LogP contribution in [0.3, 0.4) is 0 Å². The average Bonchev–Trinajstić information content (AvgIpc) is 3.08. The number of carbonyl (C=O) groups excluding carboxylic acids is 1. The molecule has 2 aliphatic heterocycles. The Bertz CT molecular complexity index is 467. The maximum atomic E-state index is 12.2. The molecule has 2 fully saturated rings. The van der Waals surface area contributed by atoms with Gasteiger partial charge in [0.25, 0.3) is 0 Å². The normalized spacial score (nSPS) is 22.4. The van der Waals surface area contributed by atoms with Gasteiger partial charge in [0.05, 0.1) is 6.42 Å². The molecule has 0 atom stereocenters. The number of carbonyl (C=O) groups is 1. The van der Waals surface area contributed by atoms with Crippen LogP contribution in [-0.4, -0.2) is 60.7 Å². The van der Waals surface area contributed by atoms with Gasteiger partial charge in [0, 0.05) is 49.9 Å².